The van der Waals surface area contributed by atoms with Crippen LogP contribution in [0, 0.1) is 11.8 Å². The number of hydrogen-bond donors (Lipinski definition) is 0. The van der Waals surface area contributed by atoms with Gasteiger partial charge in [-0.25, -0.2) is 0 Å². The van der Waals surface area contributed by atoms with E-state index in [-0.39, 0.29) is 50.1 Å². The summed E-state index contributed by atoms with van der Waals surface area (Å²) in [5.74, 6) is -2.02. The van der Waals surface area contributed by atoms with Crippen LogP contribution in [0.4, 0.5) is 13.2 Å². The minimum Gasteiger partial charge on any atom is -0.379 e. The molecule has 0 aromatic carbocycles. The van der Waals surface area contributed by atoms with Gasteiger partial charge in [0.2, 0.25) is 0 Å². The number of alkyl halides is 3. The van der Waals surface area contributed by atoms with E-state index in [1.54, 1.807) is 0 Å². The lowest BCUT2D eigenvalue weighted by Gasteiger charge is -2.40. The molecule has 0 N–H and O–H groups in total. The molecule has 0 spiro atoms. The number of piperidine rings is 1. The van der Waals surface area contributed by atoms with Crippen LogP contribution in [0.3, 0.4) is 0 Å². The molecule has 24 heavy (non-hydrogen) atoms. The molecule has 2 rings (SSSR count). The molecule has 2 atom stereocenters. The van der Waals surface area contributed by atoms with E-state index in [2.05, 4.69) is 0 Å². The maximum absolute atomic E-state index is 13.2. The van der Waals surface area contributed by atoms with Crippen LogP contribution < -0.4 is 0 Å². The molecule has 140 valence electrons. The first-order chi connectivity index (χ1) is 11.1. The molecule has 2 fully saturated rings. The summed E-state index contributed by atoms with van der Waals surface area (Å²) < 4.78 is 72.1. The van der Waals surface area contributed by atoms with Crippen molar-refractivity contribution in [3.63, 3.8) is 0 Å². The van der Waals surface area contributed by atoms with Crippen LogP contribution in [0.25, 0.3) is 0 Å². The van der Waals surface area contributed by atoms with Crippen LogP contribution in [0.5, 0.6) is 0 Å². The summed E-state index contributed by atoms with van der Waals surface area (Å²) >= 11 is 0.937. The summed E-state index contributed by atoms with van der Waals surface area (Å²) in [7, 11) is -3.96. The fourth-order valence-corrected chi connectivity index (χ4v) is 5.30. The van der Waals surface area contributed by atoms with Gasteiger partial charge in [0.25, 0.3) is 10.2 Å². The first-order valence-corrected chi connectivity index (χ1v) is 10.0. The molecule has 0 aromatic rings. The van der Waals surface area contributed by atoms with Crippen molar-refractivity contribution in [2.24, 2.45) is 11.8 Å². The minimum atomic E-state index is -4.46. The first-order valence-electron chi connectivity index (χ1n) is 7.63. The first kappa shape index (κ1) is 20.0. The van der Waals surface area contributed by atoms with Gasteiger partial charge in [-0.3, -0.25) is 4.79 Å². The van der Waals surface area contributed by atoms with Gasteiger partial charge in [0.1, 0.15) is 0 Å². The maximum atomic E-state index is 13.2. The molecule has 2 heterocycles. The molecule has 6 nitrogen and oxygen atoms in total. The van der Waals surface area contributed by atoms with Crippen LogP contribution in [-0.2, 0) is 19.7 Å². The summed E-state index contributed by atoms with van der Waals surface area (Å²) in [6.45, 7) is 1.54. The molecule has 0 aromatic heterocycles. The third-order valence-corrected chi connectivity index (χ3v) is 7.12. The van der Waals surface area contributed by atoms with E-state index in [0.29, 0.717) is 0 Å². The van der Waals surface area contributed by atoms with Crippen molar-refractivity contribution in [2.45, 2.75) is 19.5 Å². The molecular weight excluding hydrogens is 369 g/mol. The van der Waals surface area contributed by atoms with Crippen molar-refractivity contribution >= 4 is 27.1 Å². The predicted molar refractivity (Wildman–Crippen MR) is 83.7 cm³/mol. The number of rotatable bonds is 4. The summed E-state index contributed by atoms with van der Waals surface area (Å²) in [5.41, 5.74) is 0. The van der Waals surface area contributed by atoms with Gasteiger partial charge in [-0.2, -0.15) is 30.2 Å². The molecule has 0 saturated carbocycles. The number of nitrogens with zero attached hydrogens (tertiary/aromatic N) is 2. The SMILES string of the molecule is CC(=O)SCC1CC(C(F)(F)F)CN(S(=O)(=O)N2CCOCC2)C1. The Morgan fingerprint density at radius 1 is 1.21 bits per heavy atom. The number of carbonyl (C=O) groups is 1. The van der Waals surface area contributed by atoms with Gasteiger partial charge in [-0.15, -0.1) is 0 Å². The van der Waals surface area contributed by atoms with Gasteiger partial charge < -0.3 is 4.74 Å². The fraction of sp³-hybridized carbons (Fsp3) is 0.923. The van der Waals surface area contributed by atoms with Crippen molar-refractivity contribution in [2.75, 3.05) is 45.1 Å². The van der Waals surface area contributed by atoms with E-state index in [0.717, 1.165) is 16.1 Å². The Kier molecular flexibility index (Phi) is 6.57. The van der Waals surface area contributed by atoms with E-state index < -0.39 is 34.8 Å². The van der Waals surface area contributed by atoms with Gasteiger partial charge in [0.15, 0.2) is 5.12 Å². The zero-order valence-corrected chi connectivity index (χ0v) is 14.9. The summed E-state index contributed by atoms with van der Waals surface area (Å²) in [6.07, 6.45) is -4.61. The zero-order valence-electron chi connectivity index (χ0n) is 13.3. The summed E-state index contributed by atoms with van der Waals surface area (Å²) in [4.78, 5) is 11.1. The van der Waals surface area contributed by atoms with E-state index in [9.17, 15) is 26.4 Å². The Balaban J connectivity index is 2.15. The van der Waals surface area contributed by atoms with E-state index in [1.165, 1.54) is 11.2 Å². The number of hydrogen-bond acceptors (Lipinski definition) is 5. The van der Waals surface area contributed by atoms with Crippen LogP contribution in [0.1, 0.15) is 13.3 Å². The molecule has 0 aliphatic carbocycles. The number of carbonyl (C=O) groups excluding carboxylic acids is 1. The lowest BCUT2D eigenvalue weighted by Crippen LogP contribution is -2.55. The fourth-order valence-electron chi connectivity index (χ4n) is 2.88. The van der Waals surface area contributed by atoms with Gasteiger partial charge >= 0.3 is 6.18 Å². The highest BCUT2D eigenvalue weighted by Gasteiger charge is 2.47. The number of morpholine rings is 1. The third-order valence-electron chi connectivity index (χ3n) is 4.11. The molecule has 0 bridgehead atoms. The van der Waals surface area contributed by atoms with Crippen LogP contribution in [-0.4, -0.2) is 73.5 Å². The predicted octanol–water partition coefficient (Wildman–Crippen LogP) is 1.34. The van der Waals surface area contributed by atoms with Gasteiger partial charge in [0, 0.05) is 38.9 Å². The monoisotopic (exact) mass is 390 g/mol. The van der Waals surface area contributed by atoms with Crippen molar-refractivity contribution in [3.05, 3.63) is 0 Å². The average molecular weight is 390 g/mol. The second-order valence-corrected chi connectivity index (χ2v) is 9.10. The second-order valence-electron chi connectivity index (χ2n) is 5.98. The van der Waals surface area contributed by atoms with Gasteiger partial charge in [0.05, 0.1) is 19.1 Å². The Bertz CT molecular complexity index is 550. The standard InChI is InChI=1S/C13H21F3N2O4S2/c1-10(19)23-9-11-6-12(13(14,15)16)8-18(7-11)24(20,21)17-2-4-22-5-3-17/h11-12H,2-9H2,1H3. The Morgan fingerprint density at radius 3 is 2.38 bits per heavy atom. The zero-order chi connectivity index (χ0) is 18.0. The highest BCUT2D eigenvalue weighted by atomic mass is 32.2. The lowest BCUT2D eigenvalue weighted by atomic mass is 9.91. The topological polar surface area (TPSA) is 66.9 Å². The molecule has 0 amide bonds. The van der Waals surface area contributed by atoms with Crippen molar-refractivity contribution in [1.82, 2.24) is 8.61 Å². The highest BCUT2D eigenvalue weighted by Crippen LogP contribution is 2.37. The smallest absolute Gasteiger partial charge is 0.379 e. The quantitative estimate of drug-likeness (QED) is 0.725. The van der Waals surface area contributed by atoms with Crippen molar-refractivity contribution in [1.29, 1.82) is 0 Å². The maximum Gasteiger partial charge on any atom is 0.393 e. The van der Waals surface area contributed by atoms with Crippen LogP contribution >= 0.6 is 11.8 Å². The molecular formula is C13H21F3N2O4S2. The Hall–Kier alpha value is -0.360. The average Bonchev–Trinajstić information content (AvgIpc) is 2.52. The van der Waals surface area contributed by atoms with E-state index in [4.69, 9.17) is 4.74 Å². The molecule has 2 aliphatic rings. The second kappa shape index (κ2) is 7.90. The molecule has 0 radical (unpaired) electrons. The molecule has 2 aliphatic heterocycles. The highest BCUT2D eigenvalue weighted by molar-refractivity contribution is 8.13. The minimum absolute atomic E-state index is 0.00650. The van der Waals surface area contributed by atoms with Crippen molar-refractivity contribution < 1.29 is 31.1 Å². The normalized spacial score (nSPS) is 28.0. The van der Waals surface area contributed by atoms with E-state index >= 15 is 0 Å². The third kappa shape index (κ3) is 5.07. The van der Waals surface area contributed by atoms with Crippen molar-refractivity contribution in [3.8, 4) is 0 Å². The molecule has 11 heteroatoms. The van der Waals surface area contributed by atoms with Crippen LogP contribution in [0.15, 0.2) is 0 Å². The largest absolute Gasteiger partial charge is 0.393 e. The molecule has 2 unspecified atom stereocenters. The molecule has 2 saturated heterocycles. The number of thioether (sulfide) groups is 1. The van der Waals surface area contributed by atoms with Crippen LogP contribution in [0.2, 0.25) is 0 Å². The number of ether oxygens (including phenoxy) is 1. The summed E-state index contributed by atoms with van der Waals surface area (Å²) in [6, 6.07) is 0. The lowest BCUT2D eigenvalue weighted by molar-refractivity contribution is -0.186. The number of halogens is 3. The Labute approximate surface area is 143 Å². The van der Waals surface area contributed by atoms with Gasteiger partial charge in [-0.1, -0.05) is 11.8 Å². The van der Waals surface area contributed by atoms with E-state index in [1.807, 2.05) is 0 Å². The van der Waals surface area contributed by atoms with Gasteiger partial charge in [-0.05, 0) is 12.3 Å². The summed E-state index contributed by atoms with van der Waals surface area (Å²) in [5, 5.41) is -0.188. The Morgan fingerprint density at radius 2 is 1.83 bits per heavy atom.